The van der Waals surface area contributed by atoms with Gasteiger partial charge in [0.1, 0.15) is 5.69 Å². The summed E-state index contributed by atoms with van der Waals surface area (Å²) in [5.41, 5.74) is 0.565. The van der Waals surface area contributed by atoms with E-state index in [0.717, 1.165) is 0 Å². The number of nitrogens with one attached hydrogen (secondary N) is 2. The summed E-state index contributed by atoms with van der Waals surface area (Å²) in [5.74, 6) is 0.322. The van der Waals surface area contributed by atoms with Crippen LogP contribution >= 0.6 is 11.6 Å². The van der Waals surface area contributed by atoms with Gasteiger partial charge in [0.2, 0.25) is 0 Å². The average Bonchev–Trinajstić information content (AvgIpc) is 2.52. The fourth-order valence-electron chi connectivity index (χ4n) is 0.728. The lowest BCUT2D eigenvalue weighted by atomic mass is 10.4. The van der Waals surface area contributed by atoms with E-state index in [1.807, 2.05) is 0 Å². The van der Waals surface area contributed by atoms with E-state index < -0.39 is 0 Å². The number of carbonyl (C=O) groups excluding carboxylic acids is 1. The summed E-state index contributed by atoms with van der Waals surface area (Å²) < 4.78 is 0. The van der Waals surface area contributed by atoms with E-state index in [-0.39, 0.29) is 5.91 Å². The highest BCUT2D eigenvalue weighted by atomic mass is 35.5. The molecule has 4 heteroatoms. The molecule has 0 spiro atoms. The number of rotatable bonds is 3. The van der Waals surface area contributed by atoms with Gasteiger partial charge in [-0.2, -0.15) is 0 Å². The number of aromatic amines is 1. The van der Waals surface area contributed by atoms with Gasteiger partial charge in [0.05, 0.1) is 0 Å². The fraction of sp³-hybridized carbons (Fsp3) is 0.286. The average molecular weight is 173 g/mol. The Bertz CT molecular complexity index is 220. The molecule has 0 atom stereocenters. The van der Waals surface area contributed by atoms with Gasteiger partial charge in [-0.3, -0.25) is 4.79 Å². The van der Waals surface area contributed by atoms with Crippen LogP contribution < -0.4 is 5.32 Å². The second-order valence-electron chi connectivity index (χ2n) is 2.03. The van der Waals surface area contributed by atoms with E-state index in [4.69, 9.17) is 11.6 Å². The molecule has 0 saturated carbocycles. The molecule has 3 nitrogen and oxygen atoms in total. The minimum atomic E-state index is -0.115. The van der Waals surface area contributed by atoms with Crippen molar-refractivity contribution < 1.29 is 4.79 Å². The molecule has 1 heterocycles. The van der Waals surface area contributed by atoms with Gasteiger partial charge >= 0.3 is 0 Å². The Morgan fingerprint density at radius 3 is 3.09 bits per heavy atom. The van der Waals surface area contributed by atoms with Gasteiger partial charge in [-0.25, -0.2) is 0 Å². The van der Waals surface area contributed by atoms with Crippen molar-refractivity contribution in [2.24, 2.45) is 0 Å². The van der Waals surface area contributed by atoms with Crippen LogP contribution in [0.3, 0.4) is 0 Å². The van der Waals surface area contributed by atoms with E-state index in [1.165, 1.54) is 0 Å². The highest BCUT2D eigenvalue weighted by Gasteiger charge is 2.02. The molecule has 0 unspecified atom stereocenters. The van der Waals surface area contributed by atoms with Crippen molar-refractivity contribution in [3.05, 3.63) is 24.0 Å². The van der Waals surface area contributed by atoms with Crippen molar-refractivity contribution in [1.82, 2.24) is 10.3 Å². The van der Waals surface area contributed by atoms with Crippen molar-refractivity contribution in [3.63, 3.8) is 0 Å². The number of alkyl halides is 1. The Morgan fingerprint density at radius 2 is 2.55 bits per heavy atom. The number of H-pyrrole nitrogens is 1. The van der Waals surface area contributed by atoms with Crippen molar-refractivity contribution in [1.29, 1.82) is 0 Å². The fourth-order valence-corrected chi connectivity index (χ4v) is 0.822. The lowest BCUT2D eigenvalue weighted by molar-refractivity contribution is 0.0951. The summed E-state index contributed by atoms with van der Waals surface area (Å²) in [4.78, 5) is 13.9. The Morgan fingerprint density at radius 1 is 1.73 bits per heavy atom. The minimum absolute atomic E-state index is 0.115. The zero-order valence-corrected chi connectivity index (χ0v) is 6.69. The van der Waals surface area contributed by atoms with Crippen LogP contribution in [0.15, 0.2) is 18.3 Å². The molecule has 0 saturated heterocycles. The van der Waals surface area contributed by atoms with Crippen LogP contribution in [0.4, 0.5) is 0 Å². The summed E-state index contributed by atoms with van der Waals surface area (Å²) in [6.45, 7) is 0.499. The molecule has 0 fully saturated rings. The van der Waals surface area contributed by atoms with Gasteiger partial charge in [-0.1, -0.05) is 0 Å². The highest BCUT2D eigenvalue weighted by molar-refractivity contribution is 6.18. The molecule has 1 aromatic heterocycles. The van der Waals surface area contributed by atoms with Gasteiger partial charge < -0.3 is 10.3 Å². The second kappa shape index (κ2) is 4.03. The summed E-state index contributed by atoms with van der Waals surface area (Å²) in [5, 5.41) is 2.63. The van der Waals surface area contributed by atoms with Crippen molar-refractivity contribution in [3.8, 4) is 0 Å². The molecule has 0 radical (unpaired) electrons. The lowest BCUT2D eigenvalue weighted by Gasteiger charge is -1.98. The quantitative estimate of drug-likeness (QED) is 0.657. The van der Waals surface area contributed by atoms with Crippen molar-refractivity contribution in [2.45, 2.75) is 0 Å². The molecule has 1 aromatic rings. The summed E-state index contributed by atoms with van der Waals surface area (Å²) >= 11 is 5.38. The number of halogens is 1. The molecule has 1 rings (SSSR count). The van der Waals surface area contributed by atoms with E-state index in [2.05, 4.69) is 10.3 Å². The predicted molar refractivity (Wildman–Crippen MR) is 43.8 cm³/mol. The first-order chi connectivity index (χ1) is 5.34. The van der Waals surface area contributed by atoms with Gasteiger partial charge in [0.25, 0.3) is 5.91 Å². The van der Waals surface area contributed by atoms with Crippen LogP contribution in [-0.4, -0.2) is 23.3 Å². The largest absolute Gasteiger partial charge is 0.357 e. The summed E-state index contributed by atoms with van der Waals surface area (Å²) in [6.07, 6.45) is 1.70. The molecular formula is C7H9ClN2O. The maximum atomic E-state index is 11.1. The van der Waals surface area contributed by atoms with Crippen molar-refractivity contribution >= 4 is 17.5 Å². The molecule has 11 heavy (non-hydrogen) atoms. The molecule has 1 amide bonds. The Balaban J connectivity index is 2.43. The van der Waals surface area contributed by atoms with Crippen LogP contribution in [0.5, 0.6) is 0 Å². The van der Waals surface area contributed by atoms with Gasteiger partial charge in [0, 0.05) is 18.6 Å². The van der Waals surface area contributed by atoms with Crippen LogP contribution in [0.25, 0.3) is 0 Å². The van der Waals surface area contributed by atoms with Crippen LogP contribution in [0, 0.1) is 0 Å². The van der Waals surface area contributed by atoms with Gasteiger partial charge in [0.15, 0.2) is 0 Å². The zero-order valence-electron chi connectivity index (χ0n) is 5.93. The first kappa shape index (κ1) is 8.14. The smallest absolute Gasteiger partial charge is 0.267 e. The van der Waals surface area contributed by atoms with Gasteiger partial charge in [-0.05, 0) is 12.1 Å². The molecule has 0 aliphatic rings. The first-order valence-corrected chi connectivity index (χ1v) is 3.85. The zero-order chi connectivity index (χ0) is 8.10. The molecule has 0 aliphatic carbocycles. The van der Waals surface area contributed by atoms with E-state index in [1.54, 1.807) is 18.3 Å². The summed E-state index contributed by atoms with van der Waals surface area (Å²) in [7, 11) is 0. The summed E-state index contributed by atoms with van der Waals surface area (Å²) in [6, 6.07) is 3.49. The van der Waals surface area contributed by atoms with Crippen LogP contribution in [-0.2, 0) is 0 Å². The molecular weight excluding hydrogens is 164 g/mol. The SMILES string of the molecule is O=C(NCCCl)c1ccc[nH]1. The standard InChI is InChI=1S/C7H9ClN2O/c8-3-5-10-7(11)6-2-1-4-9-6/h1-2,4,9H,3,5H2,(H,10,11). The van der Waals surface area contributed by atoms with Crippen LogP contribution in [0.2, 0.25) is 0 Å². The third kappa shape index (κ3) is 2.27. The third-order valence-electron chi connectivity index (χ3n) is 1.22. The Hall–Kier alpha value is -0.960. The van der Waals surface area contributed by atoms with E-state index >= 15 is 0 Å². The topological polar surface area (TPSA) is 44.9 Å². The van der Waals surface area contributed by atoms with E-state index in [0.29, 0.717) is 18.1 Å². The molecule has 60 valence electrons. The maximum absolute atomic E-state index is 11.1. The third-order valence-corrected chi connectivity index (χ3v) is 1.41. The number of carbonyl (C=O) groups is 1. The number of amides is 1. The molecule has 0 bridgehead atoms. The number of aromatic nitrogens is 1. The monoisotopic (exact) mass is 172 g/mol. The lowest BCUT2D eigenvalue weighted by Crippen LogP contribution is -2.25. The molecule has 2 N–H and O–H groups in total. The van der Waals surface area contributed by atoms with Crippen LogP contribution in [0.1, 0.15) is 10.5 Å². The van der Waals surface area contributed by atoms with E-state index in [9.17, 15) is 4.79 Å². The molecule has 0 aromatic carbocycles. The number of hydrogen-bond acceptors (Lipinski definition) is 1. The maximum Gasteiger partial charge on any atom is 0.267 e. The molecule has 0 aliphatic heterocycles. The Kier molecular flexibility index (Phi) is 2.98. The first-order valence-electron chi connectivity index (χ1n) is 3.32. The second-order valence-corrected chi connectivity index (χ2v) is 2.41. The van der Waals surface area contributed by atoms with Gasteiger partial charge in [-0.15, -0.1) is 11.6 Å². The predicted octanol–water partition coefficient (Wildman–Crippen LogP) is 0.983. The Labute approximate surface area is 69.8 Å². The minimum Gasteiger partial charge on any atom is -0.357 e. The normalized spacial score (nSPS) is 9.55. The van der Waals surface area contributed by atoms with Crippen molar-refractivity contribution in [2.75, 3.05) is 12.4 Å². The number of hydrogen-bond donors (Lipinski definition) is 2. The highest BCUT2D eigenvalue weighted by Crippen LogP contribution is 1.92.